The van der Waals surface area contributed by atoms with Gasteiger partial charge in [-0.15, -0.1) is 0 Å². The Labute approximate surface area is 698 Å². The van der Waals surface area contributed by atoms with Crippen LogP contribution in [0.1, 0.15) is 102 Å². The van der Waals surface area contributed by atoms with Crippen molar-refractivity contribution in [2.45, 2.75) is 84.5 Å². The number of benzene rings is 18. The fourth-order valence-corrected chi connectivity index (χ4v) is 19.4. The molecule has 0 N–H and O–H groups in total. The molecule has 4 aliphatic heterocycles. The zero-order valence-electron chi connectivity index (χ0n) is 68.5. The zero-order chi connectivity index (χ0) is 80.6. The normalized spacial score (nSPS) is 12.9. The summed E-state index contributed by atoms with van der Waals surface area (Å²) in [5.41, 5.74) is 28.3. The van der Waals surface area contributed by atoms with Gasteiger partial charge in [-0.25, -0.2) is 0 Å². The van der Waals surface area contributed by atoms with Crippen molar-refractivity contribution in [3.8, 4) is 113 Å². The third kappa shape index (κ3) is 12.4. The largest absolute Gasteiger partial charge is 0.458 e. The van der Waals surface area contributed by atoms with Gasteiger partial charge in [-0.1, -0.05) is 366 Å². The summed E-state index contributed by atoms with van der Waals surface area (Å²) < 4.78 is 27.7. The Morgan fingerprint density at radius 3 is 0.840 bits per heavy atom. The van der Waals surface area contributed by atoms with Crippen LogP contribution in [0.3, 0.4) is 0 Å². The highest BCUT2D eigenvalue weighted by atomic mass is 16.5. The average molecular weight is 1530 g/mol. The van der Waals surface area contributed by atoms with Crippen molar-refractivity contribution < 1.29 is 18.9 Å². The summed E-state index contributed by atoms with van der Waals surface area (Å²) in [6, 6.07) is 133. The predicted molar refractivity (Wildman–Crippen MR) is 501 cm³/mol. The number of rotatable bonds is 11. The third-order valence-electron chi connectivity index (χ3n) is 25.9. The monoisotopic (exact) mass is 1530 g/mol. The number of fused-ring (bicyclic) bond motifs is 12. The molecule has 0 atom stereocenters. The molecule has 18 aromatic carbocycles. The highest BCUT2D eigenvalue weighted by molar-refractivity contribution is 6.99. The maximum atomic E-state index is 6.98. The van der Waals surface area contributed by atoms with E-state index in [0.717, 1.165) is 90.1 Å². The fraction of sp³-hybridized carbons (Fsp3) is 0.115. The van der Waals surface area contributed by atoms with E-state index in [1.54, 1.807) is 0 Å². The molecule has 0 spiro atoms. The third-order valence-corrected chi connectivity index (χ3v) is 25.9. The first-order chi connectivity index (χ1) is 58.0. The Morgan fingerprint density at radius 1 is 0.210 bits per heavy atom. The average Bonchev–Trinajstić information content (AvgIpc) is 0.725. The lowest BCUT2D eigenvalue weighted by Gasteiger charge is -2.35. The van der Waals surface area contributed by atoms with Gasteiger partial charge in [0.2, 0.25) is 0 Å². The van der Waals surface area contributed by atoms with Gasteiger partial charge in [-0.2, -0.15) is 0 Å². The van der Waals surface area contributed by atoms with Crippen LogP contribution in [0, 0.1) is 0 Å². The topological polar surface area (TPSA) is 36.9 Å². The summed E-state index contributed by atoms with van der Waals surface area (Å²) in [7, 11) is 0. The van der Waals surface area contributed by atoms with Crippen LogP contribution in [0.2, 0.25) is 0 Å². The molecule has 6 heteroatoms. The molecule has 0 bridgehead atoms. The maximum absolute atomic E-state index is 6.98. The molecule has 0 saturated carbocycles. The summed E-state index contributed by atoms with van der Waals surface area (Å²) in [6.45, 7) is 20.7. The molecule has 0 saturated heterocycles. The van der Waals surface area contributed by atoms with Crippen LogP contribution >= 0.6 is 0 Å². The number of ether oxygens (including phenoxy) is 4. The van der Waals surface area contributed by atoms with Gasteiger partial charge in [-0.05, 0) is 237 Å². The van der Waals surface area contributed by atoms with Crippen LogP contribution in [-0.2, 0) is 16.2 Å². The summed E-state index contributed by atoms with van der Waals surface area (Å²) in [5.74, 6) is 7.25. The maximum Gasteiger partial charge on any atom is 0.260 e. The molecule has 0 unspecified atom stereocenters. The van der Waals surface area contributed by atoms with Gasteiger partial charge in [0.25, 0.3) is 13.4 Å². The molecule has 4 heterocycles. The molecule has 18 aromatic rings. The van der Waals surface area contributed by atoms with E-state index in [4.69, 9.17) is 18.9 Å². The van der Waals surface area contributed by atoms with Gasteiger partial charge in [0.15, 0.2) is 0 Å². The van der Waals surface area contributed by atoms with Crippen molar-refractivity contribution in [2.75, 3.05) is 0 Å². The van der Waals surface area contributed by atoms with Gasteiger partial charge >= 0.3 is 0 Å². The van der Waals surface area contributed by atoms with Crippen molar-refractivity contribution in [3.63, 3.8) is 0 Å². The van der Waals surface area contributed by atoms with E-state index in [-0.39, 0.29) is 29.7 Å². The molecular formula is C113H88B2O4. The first kappa shape index (κ1) is 73.0. The SMILES string of the molecule is CC(C)(C)c1cc(-c2cc3c4c(c2)Oc2ccc(C(C)(C)c5ccccc5)cc2B4c2ccccc2O3)cc(-c2c3ccccc3c(-c3ccccc3)c3ccccc23)c1.CC(C)c1cc(-c2cc3c4c(c2)Oc2ccc(C(C)(C)c5ccccc5)cc2B4c2ccccc2O3)cc(-c2c3ccccc3c(-c3ccccc3)c3ccccc23)c1. The highest BCUT2D eigenvalue weighted by Gasteiger charge is 2.44. The standard InChI is InChI=1S/C57H45BO2.C56H43BO2/c1-56(2,3)42-31-37(30-39(32-42)54-45-24-14-12-22-43(45)53(36-18-8-6-9-19-36)44-23-13-15-25-46(44)54)38-33-51-55-52(34-38)60-50-29-28-41(57(4,5)40-20-10-7-11-21-40)35-48(50)58(55)47-26-16-17-27-49(47)59-51;1-35(2)37-29-38(31-40(30-37)54-45-23-13-11-21-43(45)53(36-17-7-5-8-18-36)44-22-12-14-24-46(44)54)39-32-51-55-52(33-39)59-50-28-27-42(56(3,4)41-19-9-6-10-20-41)34-48(50)57(55)47-25-15-16-26-49(47)58-51/h6-35H,1-5H3;5-35H,1-4H3. The van der Waals surface area contributed by atoms with Crippen molar-refractivity contribution in [1.29, 1.82) is 0 Å². The number of para-hydroxylation sites is 2. The molecule has 0 aliphatic carbocycles. The van der Waals surface area contributed by atoms with E-state index in [0.29, 0.717) is 5.92 Å². The molecule has 0 amide bonds. The van der Waals surface area contributed by atoms with E-state index in [2.05, 4.69) is 426 Å². The fourth-order valence-electron chi connectivity index (χ4n) is 19.4. The lowest BCUT2D eigenvalue weighted by atomic mass is 9.34. The van der Waals surface area contributed by atoms with Gasteiger partial charge in [0.1, 0.15) is 46.0 Å². The smallest absolute Gasteiger partial charge is 0.260 e. The lowest BCUT2D eigenvalue weighted by molar-refractivity contribution is 0.464. The highest BCUT2D eigenvalue weighted by Crippen LogP contribution is 2.51. The first-order valence-corrected chi connectivity index (χ1v) is 41.9. The predicted octanol–water partition coefficient (Wildman–Crippen LogP) is 26.5. The van der Waals surface area contributed by atoms with Crippen LogP contribution in [0.5, 0.6) is 46.0 Å². The lowest BCUT2D eigenvalue weighted by Crippen LogP contribution is -2.57. The summed E-state index contributed by atoms with van der Waals surface area (Å²) in [4.78, 5) is 0. The molecule has 0 aromatic heterocycles. The van der Waals surface area contributed by atoms with Gasteiger partial charge < -0.3 is 18.9 Å². The quantitative estimate of drug-likeness (QED) is 0.0955. The van der Waals surface area contributed by atoms with E-state index in [9.17, 15) is 0 Å². The molecule has 0 fully saturated rings. The van der Waals surface area contributed by atoms with E-state index >= 15 is 0 Å². The van der Waals surface area contributed by atoms with Crippen molar-refractivity contribution in [2.24, 2.45) is 0 Å². The second kappa shape index (κ2) is 28.6. The second-order valence-corrected chi connectivity index (χ2v) is 35.1. The zero-order valence-corrected chi connectivity index (χ0v) is 68.5. The van der Waals surface area contributed by atoms with Gasteiger partial charge in [-0.3, -0.25) is 0 Å². The van der Waals surface area contributed by atoms with E-state index < -0.39 is 0 Å². The van der Waals surface area contributed by atoms with Crippen LogP contribution in [-0.4, -0.2) is 13.4 Å². The van der Waals surface area contributed by atoms with E-state index in [1.807, 2.05) is 0 Å². The van der Waals surface area contributed by atoms with Crippen molar-refractivity contribution in [1.82, 2.24) is 0 Å². The van der Waals surface area contributed by atoms with Gasteiger partial charge in [0, 0.05) is 21.8 Å². The molecule has 4 aliphatic rings. The summed E-state index contributed by atoms with van der Waals surface area (Å²) in [6.07, 6.45) is 0. The second-order valence-electron chi connectivity index (χ2n) is 35.1. The molecule has 22 rings (SSSR count). The number of hydrogen-bond acceptors (Lipinski definition) is 4. The van der Waals surface area contributed by atoms with Crippen molar-refractivity contribution in [3.05, 3.63) is 397 Å². The first-order valence-electron chi connectivity index (χ1n) is 41.9. The van der Waals surface area contributed by atoms with Crippen LogP contribution in [0.4, 0.5) is 0 Å². The van der Waals surface area contributed by atoms with Crippen LogP contribution in [0.25, 0.3) is 110 Å². The molecule has 119 heavy (non-hydrogen) atoms. The molecular weight excluding hydrogens is 1440 g/mol. The van der Waals surface area contributed by atoms with Crippen molar-refractivity contribution >= 4 is 89.3 Å². The van der Waals surface area contributed by atoms with E-state index in [1.165, 1.54) is 132 Å². The molecule has 570 valence electrons. The Hall–Kier alpha value is -13.7. The number of hydrogen-bond donors (Lipinski definition) is 0. The minimum absolute atomic E-state index is 0.0207. The minimum atomic E-state index is -0.192. The Balaban J connectivity index is 0.000000148. The summed E-state index contributed by atoms with van der Waals surface area (Å²) >= 11 is 0. The summed E-state index contributed by atoms with van der Waals surface area (Å²) in [5, 5.41) is 9.98. The minimum Gasteiger partial charge on any atom is -0.458 e. The Bertz CT molecular complexity index is 6970. The molecule has 0 radical (unpaired) electrons. The van der Waals surface area contributed by atoms with Gasteiger partial charge in [0.05, 0.1) is 0 Å². The Morgan fingerprint density at radius 2 is 0.487 bits per heavy atom. The van der Waals surface area contributed by atoms with Crippen LogP contribution < -0.4 is 51.7 Å². The molecule has 4 nitrogen and oxygen atoms in total. The van der Waals surface area contributed by atoms with Crippen LogP contribution in [0.15, 0.2) is 364 Å². The Kier molecular flexibility index (Phi) is 17.5.